The van der Waals surface area contributed by atoms with Gasteiger partial charge in [-0.2, -0.15) is 0 Å². The van der Waals surface area contributed by atoms with Gasteiger partial charge in [-0.15, -0.1) is 10.2 Å². The average Bonchev–Trinajstić information content (AvgIpc) is 3.22. The van der Waals surface area contributed by atoms with Crippen LogP contribution >= 0.6 is 0 Å². The van der Waals surface area contributed by atoms with Gasteiger partial charge in [0.25, 0.3) is 0 Å². The van der Waals surface area contributed by atoms with E-state index in [1.54, 1.807) is 0 Å². The number of hydrogen-bond donors (Lipinski definition) is 0. The van der Waals surface area contributed by atoms with Crippen LogP contribution in [0.15, 0.2) is 60.7 Å². The molecule has 2 aromatic carbocycles. The molecule has 3 heterocycles. The predicted molar refractivity (Wildman–Crippen MR) is 102 cm³/mol. The Labute approximate surface area is 146 Å². The fraction of sp³-hybridized carbons (Fsp3) is 0.190. The van der Waals surface area contributed by atoms with Gasteiger partial charge in [-0.3, -0.25) is 0 Å². The molecule has 0 radical (unpaired) electrons. The Kier molecular flexibility index (Phi) is 3.33. The molecule has 1 aliphatic heterocycles. The first-order valence-electron chi connectivity index (χ1n) is 8.77. The number of hydrogen-bond acceptors (Lipinski definition) is 4. The molecule has 4 aromatic rings. The van der Waals surface area contributed by atoms with Gasteiger partial charge in [-0.05, 0) is 18.9 Å². The number of rotatable bonds is 2. The summed E-state index contributed by atoms with van der Waals surface area (Å²) in [7, 11) is 0. The average molecular weight is 326 g/mol. The fourth-order valence-electron chi connectivity index (χ4n) is 3.64. The molecule has 0 aliphatic carbocycles. The number of aromatic nitrogens is 3. The van der Waals surface area contributed by atoms with Crippen molar-refractivity contribution >= 4 is 27.6 Å². The topological polar surface area (TPSA) is 41.9 Å². The van der Waals surface area contributed by atoms with Gasteiger partial charge in [-0.1, -0.05) is 54.6 Å². The van der Waals surface area contributed by atoms with E-state index in [9.17, 15) is 0 Å². The minimum Gasteiger partial charge on any atom is -0.356 e. The maximum atomic E-state index is 4.99. The molecule has 122 valence electrons. The lowest BCUT2D eigenvalue weighted by atomic mass is 10.1. The molecule has 4 nitrogen and oxygen atoms in total. The third-order valence-corrected chi connectivity index (χ3v) is 4.90. The Bertz CT molecular complexity index is 1050. The number of benzene rings is 2. The molecule has 0 unspecified atom stereocenters. The Morgan fingerprint density at radius 2 is 1.48 bits per heavy atom. The van der Waals surface area contributed by atoms with Crippen LogP contribution in [0.2, 0.25) is 0 Å². The van der Waals surface area contributed by atoms with Gasteiger partial charge in [0.05, 0.1) is 11.2 Å². The van der Waals surface area contributed by atoms with E-state index in [1.165, 1.54) is 18.2 Å². The van der Waals surface area contributed by atoms with Crippen LogP contribution in [0.5, 0.6) is 0 Å². The van der Waals surface area contributed by atoms with Crippen molar-refractivity contribution in [3.05, 3.63) is 60.7 Å². The van der Waals surface area contributed by atoms with Crippen molar-refractivity contribution in [3.63, 3.8) is 0 Å². The molecular weight excluding hydrogens is 308 g/mol. The zero-order chi connectivity index (χ0) is 16.6. The normalized spacial score (nSPS) is 14.5. The SMILES string of the molecule is c1ccc(-c2cc3nc(N4CCCC4)c4ccccc4c3nn2)cc1. The summed E-state index contributed by atoms with van der Waals surface area (Å²) in [6.07, 6.45) is 2.47. The van der Waals surface area contributed by atoms with Crippen LogP contribution in [0.1, 0.15) is 12.8 Å². The highest BCUT2D eigenvalue weighted by Crippen LogP contribution is 2.32. The van der Waals surface area contributed by atoms with Crippen molar-refractivity contribution in [1.29, 1.82) is 0 Å². The van der Waals surface area contributed by atoms with Gasteiger partial charge < -0.3 is 4.90 Å². The number of pyridine rings is 1. The Hall–Kier alpha value is -3.01. The summed E-state index contributed by atoms with van der Waals surface area (Å²) in [4.78, 5) is 7.39. The summed E-state index contributed by atoms with van der Waals surface area (Å²) in [5.74, 6) is 1.08. The maximum absolute atomic E-state index is 4.99. The van der Waals surface area contributed by atoms with Crippen LogP contribution in [0.25, 0.3) is 33.1 Å². The fourth-order valence-corrected chi connectivity index (χ4v) is 3.64. The summed E-state index contributed by atoms with van der Waals surface area (Å²) in [5, 5.41) is 11.3. The molecule has 0 saturated carbocycles. The van der Waals surface area contributed by atoms with Crippen LogP contribution < -0.4 is 4.90 Å². The van der Waals surface area contributed by atoms with Crippen LogP contribution in [-0.4, -0.2) is 28.3 Å². The second-order valence-corrected chi connectivity index (χ2v) is 6.50. The summed E-state index contributed by atoms with van der Waals surface area (Å²) < 4.78 is 0. The van der Waals surface area contributed by atoms with E-state index in [1.807, 2.05) is 18.2 Å². The van der Waals surface area contributed by atoms with Crippen LogP contribution in [-0.2, 0) is 0 Å². The molecule has 1 aliphatic rings. The monoisotopic (exact) mass is 326 g/mol. The van der Waals surface area contributed by atoms with E-state index < -0.39 is 0 Å². The maximum Gasteiger partial charge on any atom is 0.137 e. The van der Waals surface area contributed by atoms with E-state index in [4.69, 9.17) is 4.98 Å². The van der Waals surface area contributed by atoms with Crippen LogP contribution in [0, 0.1) is 0 Å². The van der Waals surface area contributed by atoms with E-state index in [-0.39, 0.29) is 0 Å². The molecule has 1 saturated heterocycles. The third kappa shape index (κ3) is 2.41. The largest absolute Gasteiger partial charge is 0.356 e. The van der Waals surface area contributed by atoms with Gasteiger partial charge in [0.1, 0.15) is 11.3 Å². The molecule has 0 spiro atoms. The summed E-state index contributed by atoms with van der Waals surface area (Å²) in [6, 6.07) is 20.6. The minimum atomic E-state index is 0.864. The molecule has 0 atom stereocenters. The van der Waals surface area contributed by atoms with Crippen molar-refractivity contribution < 1.29 is 0 Å². The Morgan fingerprint density at radius 3 is 2.28 bits per heavy atom. The van der Waals surface area contributed by atoms with Gasteiger partial charge in [-0.25, -0.2) is 4.98 Å². The van der Waals surface area contributed by atoms with Crippen LogP contribution in [0.3, 0.4) is 0 Å². The number of fused-ring (bicyclic) bond motifs is 3. The number of anilines is 1. The lowest BCUT2D eigenvalue weighted by Crippen LogP contribution is -2.19. The van der Waals surface area contributed by atoms with E-state index in [0.29, 0.717) is 0 Å². The second-order valence-electron chi connectivity index (χ2n) is 6.50. The zero-order valence-corrected chi connectivity index (χ0v) is 13.9. The minimum absolute atomic E-state index is 0.864. The lowest BCUT2D eigenvalue weighted by molar-refractivity contribution is 0.949. The first kappa shape index (κ1) is 14.3. The standard InChI is InChI=1S/C21H18N4/c1-2-8-15(9-3-1)18-14-19-20(24-23-18)16-10-4-5-11-17(16)21(22-19)25-12-6-7-13-25/h1-5,8-11,14H,6-7,12-13H2. The Morgan fingerprint density at radius 1 is 0.760 bits per heavy atom. The van der Waals surface area contributed by atoms with Crippen molar-refractivity contribution in [3.8, 4) is 11.3 Å². The smallest absolute Gasteiger partial charge is 0.137 e. The Balaban J connectivity index is 1.77. The van der Waals surface area contributed by atoms with E-state index >= 15 is 0 Å². The summed E-state index contributed by atoms with van der Waals surface area (Å²) >= 11 is 0. The zero-order valence-electron chi connectivity index (χ0n) is 13.9. The van der Waals surface area contributed by atoms with E-state index in [0.717, 1.165) is 46.6 Å². The molecule has 2 aromatic heterocycles. The summed E-state index contributed by atoms with van der Waals surface area (Å²) in [5.41, 5.74) is 3.71. The van der Waals surface area contributed by atoms with Crippen molar-refractivity contribution in [2.45, 2.75) is 12.8 Å². The molecule has 25 heavy (non-hydrogen) atoms. The molecule has 1 fully saturated rings. The van der Waals surface area contributed by atoms with Crippen molar-refractivity contribution in [2.24, 2.45) is 0 Å². The second kappa shape index (κ2) is 5.81. The summed E-state index contributed by atoms with van der Waals surface area (Å²) in [6.45, 7) is 2.15. The molecule has 0 amide bonds. The molecular formula is C21H18N4. The molecule has 4 heteroatoms. The highest BCUT2D eigenvalue weighted by Gasteiger charge is 2.18. The van der Waals surface area contributed by atoms with Crippen molar-refractivity contribution in [2.75, 3.05) is 18.0 Å². The van der Waals surface area contributed by atoms with Crippen LogP contribution in [0.4, 0.5) is 5.82 Å². The quantitative estimate of drug-likeness (QED) is 0.511. The first-order valence-corrected chi connectivity index (χ1v) is 8.77. The molecule has 5 rings (SSSR count). The van der Waals surface area contributed by atoms with Gasteiger partial charge in [0.2, 0.25) is 0 Å². The van der Waals surface area contributed by atoms with Gasteiger partial charge in [0.15, 0.2) is 0 Å². The first-order chi connectivity index (χ1) is 12.4. The molecule has 0 bridgehead atoms. The van der Waals surface area contributed by atoms with Gasteiger partial charge >= 0.3 is 0 Å². The predicted octanol–water partition coefficient (Wildman–Crippen LogP) is 4.45. The van der Waals surface area contributed by atoms with Crippen molar-refractivity contribution in [1.82, 2.24) is 15.2 Å². The molecule has 0 N–H and O–H groups in total. The highest BCUT2D eigenvalue weighted by atomic mass is 15.2. The van der Waals surface area contributed by atoms with Gasteiger partial charge in [0, 0.05) is 29.4 Å². The third-order valence-electron chi connectivity index (χ3n) is 4.90. The number of nitrogens with zero attached hydrogens (tertiary/aromatic N) is 4. The lowest BCUT2D eigenvalue weighted by Gasteiger charge is -2.19. The van der Waals surface area contributed by atoms with E-state index in [2.05, 4.69) is 57.6 Å². The highest BCUT2D eigenvalue weighted by molar-refractivity contribution is 6.08.